The van der Waals surface area contributed by atoms with Gasteiger partial charge in [-0.3, -0.25) is 4.79 Å². The zero-order chi connectivity index (χ0) is 21.1. The Labute approximate surface area is 179 Å². The van der Waals surface area contributed by atoms with Crippen LogP contribution >= 0.6 is 0 Å². The lowest BCUT2D eigenvalue weighted by atomic mass is 10.0. The molecule has 2 aromatic carbocycles. The van der Waals surface area contributed by atoms with Gasteiger partial charge in [0.25, 0.3) is 0 Å². The van der Waals surface area contributed by atoms with Gasteiger partial charge in [-0.25, -0.2) is 8.42 Å². The molecule has 1 unspecified atom stereocenters. The van der Waals surface area contributed by atoms with E-state index in [0.29, 0.717) is 26.1 Å². The maximum absolute atomic E-state index is 13.3. The lowest BCUT2D eigenvalue weighted by Crippen LogP contribution is -2.57. The van der Waals surface area contributed by atoms with Crippen LogP contribution in [-0.4, -0.2) is 62.3 Å². The smallest absolute Gasteiger partial charge is 0.243 e. The molecule has 2 saturated heterocycles. The van der Waals surface area contributed by atoms with Gasteiger partial charge < -0.3 is 9.80 Å². The van der Waals surface area contributed by atoms with Crippen LogP contribution in [0.4, 0.5) is 5.69 Å². The van der Waals surface area contributed by atoms with E-state index < -0.39 is 16.1 Å². The first-order valence-electron chi connectivity index (χ1n) is 10.6. The van der Waals surface area contributed by atoms with Crippen LogP contribution in [0.3, 0.4) is 0 Å². The molecule has 1 atom stereocenters. The van der Waals surface area contributed by atoms with Gasteiger partial charge in [0, 0.05) is 38.4 Å². The highest BCUT2D eigenvalue weighted by Crippen LogP contribution is 2.27. The number of hydrogen-bond donors (Lipinski definition) is 0. The fraction of sp³-hybridized carbons (Fsp3) is 0.435. The van der Waals surface area contributed by atoms with E-state index in [9.17, 15) is 13.2 Å². The quantitative estimate of drug-likeness (QED) is 0.753. The molecule has 2 aromatic rings. The number of aryl methyl sites for hydroxylation is 1. The van der Waals surface area contributed by atoms with E-state index in [2.05, 4.69) is 36.1 Å². The largest absolute Gasteiger partial charge is 0.368 e. The molecule has 4 rings (SSSR count). The van der Waals surface area contributed by atoms with Crippen molar-refractivity contribution in [1.82, 2.24) is 9.21 Å². The van der Waals surface area contributed by atoms with Gasteiger partial charge in [0.15, 0.2) is 0 Å². The van der Waals surface area contributed by atoms with Crippen molar-refractivity contribution in [2.75, 3.05) is 37.6 Å². The van der Waals surface area contributed by atoms with Gasteiger partial charge in [0.2, 0.25) is 15.9 Å². The van der Waals surface area contributed by atoms with Gasteiger partial charge in [-0.15, -0.1) is 0 Å². The number of carbonyl (C=O) groups excluding carboxylic acids is 1. The predicted molar refractivity (Wildman–Crippen MR) is 118 cm³/mol. The van der Waals surface area contributed by atoms with Gasteiger partial charge in [0.1, 0.15) is 6.04 Å². The Morgan fingerprint density at radius 1 is 0.900 bits per heavy atom. The summed E-state index contributed by atoms with van der Waals surface area (Å²) in [6.07, 6.45) is 2.25. The molecule has 2 aliphatic heterocycles. The molecule has 7 heteroatoms. The van der Waals surface area contributed by atoms with E-state index >= 15 is 0 Å². The second-order valence-electron chi connectivity index (χ2n) is 8.09. The highest BCUT2D eigenvalue weighted by Gasteiger charge is 2.39. The normalized spacial score (nSPS) is 20.9. The van der Waals surface area contributed by atoms with Crippen LogP contribution in [0, 0.1) is 6.92 Å². The van der Waals surface area contributed by atoms with Crippen molar-refractivity contribution in [2.45, 2.75) is 37.1 Å². The topological polar surface area (TPSA) is 60.9 Å². The molecule has 1 amide bonds. The van der Waals surface area contributed by atoms with Gasteiger partial charge in [-0.2, -0.15) is 4.31 Å². The Morgan fingerprint density at radius 3 is 2.33 bits per heavy atom. The summed E-state index contributed by atoms with van der Waals surface area (Å²) in [7, 11) is -3.68. The number of piperidine rings is 1. The molecule has 30 heavy (non-hydrogen) atoms. The molecule has 0 aliphatic carbocycles. The third-order valence-corrected chi connectivity index (χ3v) is 7.97. The number of hydrogen-bond acceptors (Lipinski definition) is 4. The average Bonchev–Trinajstić information content (AvgIpc) is 2.79. The monoisotopic (exact) mass is 427 g/mol. The van der Waals surface area contributed by atoms with Crippen LogP contribution in [0.1, 0.15) is 24.8 Å². The number of amides is 1. The minimum atomic E-state index is -3.68. The van der Waals surface area contributed by atoms with E-state index in [1.54, 1.807) is 30.3 Å². The Balaban J connectivity index is 1.47. The molecule has 2 heterocycles. The van der Waals surface area contributed by atoms with Crippen LogP contribution in [0.25, 0.3) is 0 Å². The van der Waals surface area contributed by atoms with E-state index in [1.807, 2.05) is 4.90 Å². The number of benzene rings is 2. The van der Waals surface area contributed by atoms with Crippen LogP contribution in [0.15, 0.2) is 59.5 Å². The molecule has 0 aromatic heterocycles. The van der Waals surface area contributed by atoms with E-state index in [4.69, 9.17) is 0 Å². The summed E-state index contributed by atoms with van der Waals surface area (Å²) in [5.74, 6) is -0.0573. The van der Waals surface area contributed by atoms with Crippen molar-refractivity contribution in [3.63, 3.8) is 0 Å². The van der Waals surface area contributed by atoms with Gasteiger partial charge in [-0.05, 0) is 49.6 Å². The number of rotatable bonds is 4. The highest BCUT2D eigenvalue weighted by molar-refractivity contribution is 7.89. The van der Waals surface area contributed by atoms with E-state index in [1.165, 1.54) is 15.6 Å². The Bertz CT molecular complexity index is 986. The van der Waals surface area contributed by atoms with Crippen molar-refractivity contribution in [3.05, 3.63) is 60.2 Å². The summed E-state index contributed by atoms with van der Waals surface area (Å²) < 4.78 is 27.8. The Kier molecular flexibility index (Phi) is 6.11. The first-order valence-corrected chi connectivity index (χ1v) is 12.1. The first-order chi connectivity index (χ1) is 14.5. The molecule has 2 fully saturated rings. The maximum atomic E-state index is 13.3. The fourth-order valence-electron chi connectivity index (χ4n) is 4.39. The Morgan fingerprint density at radius 2 is 1.63 bits per heavy atom. The first kappa shape index (κ1) is 20.9. The van der Waals surface area contributed by atoms with Gasteiger partial charge in [-0.1, -0.05) is 36.8 Å². The summed E-state index contributed by atoms with van der Waals surface area (Å²) in [6.45, 7) is 5.22. The molecule has 0 saturated carbocycles. The van der Waals surface area contributed by atoms with Crippen LogP contribution in [0.2, 0.25) is 0 Å². The third-order valence-electron chi connectivity index (χ3n) is 6.05. The van der Waals surface area contributed by atoms with Crippen LogP contribution < -0.4 is 4.90 Å². The zero-order valence-corrected chi connectivity index (χ0v) is 18.2. The van der Waals surface area contributed by atoms with Crippen molar-refractivity contribution < 1.29 is 13.2 Å². The molecule has 0 radical (unpaired) electrons. The number of nitrogens with zero attached hydrogens (tertiary/aromatic N) is 3. The van der Waals surface area contributed by atoms with Crippen molar-refractivity contribution >= 4 is 21.6 Å². The van der Waals surface area contributed by atoms with E-state index in [-0.39, 0.29) is 10.8 Å². The standard InChI is InChI=1S/C23H29N3O3S/c1-19-8-7-9-20(18-19)24-14-16-25(17-15-24)23(27)22-12-5-6-13-26(22)30(28,29)21-10-3-2-4-11-21/h2-4,7-11,18,22H,5-6,12-17H2,1H3. The summed E-state index contributed by atoms with van der Waals surface area (Å²) >= 11 is 0. The fourth-order valence-corrected chi connectivity index (χ4v) is 6.06. The van der Waals surface area contributed by atoms with Gasteiger partial charge in [0.05, 0.1) is 4.90 Å². The second kappa shape index (κ2) is 8.78. The molecule has 2 aliphatic rings. The zero-order valence-electron chi connectivity index (χ0n) is 17.4. The van der Waals surface area contributed by atoms with Crippen LogP contribution in [0.5, 0.6) is 0 Å². The van der Waals surface area contributed by atoms with Crippen molar-refractivity contribution in [3.8, 4) is 0 Å². The SMILES string of the molecule is Cc1cccc(N2CCN(C(=O)C3CCCCN3S(=O)(=O)c3ccccc3)CC2)c1. The molecular weight excluding hydrogens is 398 g/mol. The molecule has 0 N–H and O–H groups in total. The van der Waals surface area contributed by atoms with Crippen molar-refractivity contribution in [1.29, 1.82) is 0 Å². The molecule has 6 nitrogen and oxygen atoms in total. The predicted octanol–water partition coefficient (Wildman–Crippen LogP) is 2.89. The molecule has 0 spiro atoms. The number of anilines is 1. The maximum Gasteiger partial charge on any atom is 0.243 e. The summed E-state index contributed by atoms with van der Waals surface area (Å²) in [5.41, 5.74) is 2.39. The van der Waals surface area contributed by atoms with Gasteiger partial charge >= 0.3 is 0 Å². The molecule has 160 valence electrons. The Hall–Kier alpha value is -2.38. The van der Waals surface area contributed by atoms with E-state index in [0.717, 1.165) is 25.9 Å². The number of carbonyl (C=O) groups is 1. The lowest BCUT2D eigenvalue weighted by molar-refractivity contribution is -0.136. The lowest BCUT2D eigenvalue weighted by Gasteiger charge is -2.41. The minimum Gasteiger partial charge on any atom is -0.368 e. The molecular formula is C23H29N3O3S. The summed E-state index contributed by atoms with van der Waals surface area (Å²) in [5, 5.41) is 0. The summed E-state index contributed by atoms with van der Waals surface area (Å²) in [6, 6.07) is 16.2. The number of sulfonamides is 1. The molecule has 0 bridgehead atoms. The van der Waals surface area contributed by atoms with Crippen molar-refractivity contribution in [2.24, 2.45) is 0 Å². The third kappa shape index (κ3) is 4.23. The number of piperazine rings is 1. The summed E-state index contributed by atoms with van der Waals surface area (Å²) in [4.78, 5) is 17.7. The second-order valence-corrected chi connectivity index (χ2v) is 9.98. The average molecular weight is 428 g/mol. The minimum absolute atomic E-state index is 0.0573. The highest BCUT2D eigenvalue weighted by atomic mass is 32.2. The van der Waals surface area contributed by atoms with Crippen LogP contribution in [-0.2, 0) is 14.8 Å².